The fourth-order valence-electron chi connectivity index (χ4n) is 1.11. The predicted octanol–water partition coefficient (Wildman–Crippen LogP) is 1.31. The Morgan fingerprint density at radius 1 is 1.40 bits per heavy atom. The number of nitrogens with zero attached hydrogens (tertiary/aromatic N) is 1. The average molecular weight is 233 g/mol. The molecule has 0 aromatic heterocycles. The molecular formula is C10H19NO3S. The number of hydrogen-bond donors (Lipinski definition) is 1. The van der Waals surface area contributed by atoms with Gasteiger partial charge in [0.2, 0.25) is 5.91 Å². The van der Waals surface area contributed by atoms with Crippen LogP contribution in [0, 0.1) is 5.92 Å². The van der Waals surface area contributed by atoms with Gasteiger partial charge in [-0.25, -0.2) is 0 Å². The van der Waals surface area contributed by atoms with Crippen LogP contribution < -0.4 is 0 Å². The molecule has 0 rings (SSSR count). The highest BCUT2D eigenvalue weighted by Gasteiger charge is 2.26. The second-order valence-electron chi connectivity index (χ2n) is 3.64. The van der Waals surface area contributed by atoms with Crippen molar-refractivity contribution in [3.05, 3.63) is 0 Å². The third-order valence-corrected chi connectivity index (χ3v) is 3.13. The van der Waals surface area contributed by atoms with E-state index < -0.39 is 11.9 Å². The summed E-state index contributed by atoms with van der Waals surface area (Å²) in [4.78, 5) is 23.8. The van der Waals surface area contributed by atoms with Crippen LogP contribution in [-0.4, -0.2) is 47.0 Å². The molecule has 1 N–H and O–H groups in total. The highest BCUT2D eigenvalue weighted by atomic mass is 32.2. The van der Waals surface area contributed by atoms with Gasteiger partial charge < -0.3 is 10.0 Å². The Bertz CT molecular complexity index is 233. The van der Waals surface area contributed by atoms with Crippen LogP contribution in [0.25, 0.3) is 0 Å². The molecule has 4 nitrogen and oxygen atoms in total. The maximum absolute atomic E-state index is 11.6. The number of aliphatic carboxylic acids is 1. The fraction of sp³-hybridized carbons (Fsp3) is 0.800. The van der Waals surface area contributed by atoms with Gasteiger partial charge in [-0.1, -0.05) is 0 Å². The Balaban J connectivity index is 4.24. The first-order valence-electron chi connectivity index (χ1n) is 4.90. The van der Waals surface area contributed by atoms with E-state index in [2.05, 4.69) is 0 Å². The lowest BCUT2D eigenvalue weighted by atomic mass is 10.1. The number of carbonyl (C=O) groups is 2. The smallest absolute Gasteiger partial charge is 0.315 e. The minimum Gasteiger partial charge on any atom is -0.481 e. The fourth-order valence-corrected chi connectivity index (χ4v) is 1.69. The minimum absolute atomic E-state index is 0.0896. The van der Waals surface area contributed by atoms with E-state index in [0.717, 1.165) is 12.2 Å². The molecule has 0 aromatic rings. The van der Waals surface area contributed by atoms with Crippen molar-refractivity contribution in [3.8, 4) is 0 Å². The molecule has 2 atom stereocenters. The lowest BCUT2D eigenvalue weighted by molar-refractivity contribution is -0.150. The van der Waals surface area contributed by atoms with Gasteiger partial charge in [0.25, 0.3) is 0 Å². The van der Waals surface area contributed by atoms with Crippen LogP contribution >= 0.6 is 11.8 Å². The van der Waals surface area contributed by atoms with Crippen LogP contribution in [0.2, 0.25) is 0 Å². The van der Waals surface area contributed by atoms with E-state index in [1.807, 2.05) is 13.2 Å². The highest BCUT2D eigenvalue weighted by Crippen LogP contribution is 2.10. The summed E-state index contributed by atoms with van der Waals surface area (Å²) >= 11 is 1.72. The van der Waals surface area contributed by atoms with Crippen LogP contribution in [0.3, 0.4) is 0 Å². The van der Waals surface area contributed by atoms with Crippen LogP contribution in [-0.2, 0) is 9.59 Å². The summed E-state index contributed by atoms with van der Waals surface area (Å²) in [5.74, 6) is -1.37. The quantitative estimate of drug-likeness (QED) is 0.703. The van der Waals surface area contributed by atoms with Crippen LogP contribution in [0.15, 0.2) is 0 Å². The SMILES string of the molecule is CSCCC(C)N(C)C(=O)C(C)C(=O)O. The molecule has 0 saturated heterocycles. The molecule has 0 fully saturated rings. The lowest BCUT2D eigenvalue weighted by Crippen LogP contribution is -2.41. The molecule has 88 valence electrons. The van der Waals surface area contributed by atoms with Crippen molar-refractivity contribution in [2.75, 3.05) is 19.1 Å². The Kier molecular flexibility index (Phi) is 6.40. The maximum Gasteiger partial charge on any atom is 0.315 e. The number of carboxylic acids is 1. The summed E-state index contributed by atoms with van der Waals surface area (Å²) in [5, 5.41) is 8.71. The summed E-state index contributed by atoms with van der Waals surface area (Å²) in [6, 6.07) is 0.0896. The van der Waals surface area contributed by atoms with Crippen molar-refractivity contribution < 1.29 is 14.7 Å². The number of thioether (sulfide) groups is 1. The van der Waals surface area contributed by atoms with Crippen molar-refractivity contribution in [1.82, 2.24) is 4.90 Å². The molecular weight excluding hydrogens is 214 g/mol. The van der Waals surface area contributed by atoms with Gasteiger partial charge in [0.05, 0.1) is 0 Å². The number of hydrogen-bond acceptors (Lipinski definition) is 3. The Morgan fingerprint density at radius 2 is 1.93 bits per heavy atom. The van der Waals surface area contributed by atoms with Crippen molar-refractivity contribution >= 4 is 23.6 Å². The summed E-state index contributed by atoms with van der Waals surface area (Å²) in [7, 11) is 1.66. The second kappa shape index (κ2) is 6.71. The number of carbonyl (C=O) groups excluding carboxylic acids is 1. The lowest BCUT2D eigenvalue weighted by Gasteiger charge is -2.26. The van der Waals surface area contributed by atoms with Crippen molar-refractivity contribution in [3.63, 3.8) is 0 Å². The summed E-state index contributed by atoms with van der Waals surface area (Å²) in [5.41, 5.74) is 0. The van der Waals surface area contributed by atoms with E-state index in [0.29, 0.717) is 0 Å². The van der Waals surface area contributed by atoms with Crippen LogP contribution in [0.5, 0.6) is 0 Å². The first-order chi connectivity index (χ1) is 6.91. The third-order valence-electron chi connectivity index (χ3n) is 2.49. The monoisotopic (exact) mass is 233 g/mol. The zero-order chi connectivity index (χ0) is 12.0. The normalized spacial score (nSPS) is 14.4. The Hall–Kier alpha value is -0.710. The van der Waals surface area contributed by atoms with E-state index in [9.17, 15) is 9.59 Å². The van der Waals surface area contributed by atoms with E-state index in [1.54, 1.807) is 18.8 Å². The van der Waals surface area contributed by atoms with Crippen molar-refractivity contribution in [2.24, 2.45) is 5.92 Å². The predicted molar refractivity (Wildman–Crippen MR) is 62.0 cm³/mol. The Labute approximate surface area is 95.0 Å². The first kappa shape index (κ1) is 14.3. The molecule has 15 heavy (non-hydrogen) atoms. The third kappa shape index (κ3) is 4.55. The van der Waals surface area contributed by atoms with Gasteiger partial charge in [-0.05, 0) is 32.3 Å². The molecule has 2 unspecified atom stereocenters. The molecule has 0 heterocycles. The molecule has 0 aliphatic heterocycles. The molecule has 0 spiro atoms. The van der Waals surface area contributed by atoms with Gasteiger partial charge in [-0.3, -0.25) is 9.59 Å². The summed E-state index contributed by atoms with van der Waals surface area (Å²) in [6.07, 6.45) is 2.89. The molecule has 0 radical (unpaired) electrons. The summed E-state index contributed by atoms with van der Waals surface area (Å²) < 4.78 is 0. The van der Waals surface area contributed by atoms with Crippen molar-refractivity contribution in [2.45, 2.75) is 26.3 Å². The average Bonchev–Trinajstić information content (AvgIpc) is 2.22. The van der Waals surface area contributed by atoms with E-state index in [-0.39, 0.29) is 11.9 Å². The minimum atomic E-state index is -1.07. The molecule has 0 aromatic carbocycles. The van der Waals surface area contributed by atoms with Gasteiger partial charge in [-0.2, -0.15) is 11.8 Å². The zero-order valence-corrected chi connectivity index (χ0v) is 10.5. The summed E-state index contributed by atoms with van der Waals surface area (Å²) in [6.45, 7) is 3.35. The number of carboxylic acid groups (broad SMARTS) is 1. The molecule has 1 amide bonds. The Morgan fingerprint density at radius 3 is 2.33 bits per heavy atom. The van der Waals surface area contributed by atoms with E-state index in [4.69, 9.17) is 5.11 Å². The largest absolute Gasteiger partial charge is 0.481 e. The van der Waals surface area contributed by atoms with Gasteiger partial charge in [-0.15, -0.1) is 0 Å². The van der Waals surface area contributed by atoms with Crippen LogP contribution in [0.1, 0.15) is 20.3 Å². The highest BCUT2D eigenvalue weighted by molar-refractivity contribution is 7.98. The van der Waals surface area contributed by atoms with Gasteiger partial charge in [0.1, 0.15) is 5.92 Å². The number of amides is 1. The van der Waals surface area contributed by atoms with Crippen molar-refractivity contribution in [1.29, 1.82) is 0 Å². The van der Waals surface area contributed by atoms with Gasteiger partial charge in [0.15, 0.2) is 0 Å². The van der Waals surface area contributed by atoms with E-state index in [1.165, 1.54) is 11.8 Å². The zero-order valence-electron chi connectivity index (χ0n) is 9.69. The topological polar surface area (TPSA) is 57.6 Å². The second-order valence-corrected chi connectivity index (χ2v) is 4.63. The van der Waals surface area contributed by atoms with Crippen LogP contribution in [0.4, 0.5) is 0 Å². The van der Waals surface area contributed by atoms with Gasteiger partial charge >= 0.3 is 5.97 Å². The van der Waals surface area contributed by atoms with Gasteiger partial charge in [0, 0.05) is 13.1 Å². The first-order valence-corrected chi connectivity index (χ1v) is 6.29. The standard InChI is InChI=1S/C10H19NO3S/c1-7(5-6-15-4)11(3)9(12)8(2)10(13)14/h7-8H,5-6H2,1-4H3,(H,13,14). The molecule has 5 heteroatoms. The molecule has 0 saturated carbocycles. The maximum atomic E-state index is 11.6. The molecule has 0 aliphatic carbocycles. The number of rotatable bonds is 6. The van der Waals surface area contributed by atoms with E-state index >= 15 is 0 Å². The molecule has 0 aliphatic rings. The molecule has 0 bridgehead atoms.